The number of nitrogens with zero attached hydrogens (tertiary/aromatic N) is 1. The van der Waals surface area contributed by atoms with Crippen LogP contribution >= 0.6 is 0 Å². The predicted molar refractivity (Wildman–Crippen MR) is 74.7 cm³/mol. The molecule has 1 fully saturated rings. The maximum Gasteiger partial charge on any atom is 0.222 e. The van der Waals surface area contributed by atoms with Crippen LogP contribution in [-0.2, 0) is 11.3 Å². The zero-order valence-corrected chi connectivity index (χ0v) is 11.4. The summed E-state index contributed by atoms with van der Waals surface area (Å²) in [6.45, 7) is 4.57. The summed E-state index contributed by atoms with van der Waals surface area (Å²) in [5.41, 5.74) is 2.49. The van der Waals surface area contributed by atoms with Gasteiger partial charge in [-0.2, -0.15) is 0 Å². The van der Waals surface area contributed by atoms with Crippen LogP contribution in [0.5, 0.6) is 0 Å². The Hall–Kier alpha value is -1.39. The van der Waals surface area contributed by atoms with Gasteiger partial charge in [-0.15, -0.1) is 0 Å². The lowest BCUT2D eigenvalue weighted by molar-refractivity contribution is -0.128. The van der Waals surface area contributed by atoms with Crippen molar-refractivity contribution in [2.75, 3.05) is 19.6 Å². The van der Waals surface area contributed by atoms with Gasteiger partial charge in [0.1, 0.15) is 0 Å². The molecule has 1 aliphatic rings. The molecule has 1 aliphatic heterocycles. The van der Waals surface area contributed by atoms with E-state index in [0.29, 0.717) is 19.5 Å². The molecular weight excluding hydrogens is 240 g/mol. The average Bonchev–Trinajstić information content (AvgIpc) is 2.77. The van der Waals surface area contributed by atoms with Gasteiger partial charge in [0, 0.05) is 32.6 Å². The minimum atomic E-state index is -0.494. The van der Waals surface area contributed by atoms with Gasteiger partial charge in [0.15, 0.2) is 0 Å². The second-order valence-electron chi connectivity index (χ2n) is 5.15. The fourth-order valence-corrected chi connectivity index (χ4v) is 2.40. The van der Waals surface area contributed by atoms with E-state index < -0.39 is 6.10 Å². The van der Waals surface area contributed by atoms with E-state index in [4.69, 9.17) is 0 Å². The molecule has 1 atom stereocenters. The van der Waals surface area contributed by atoms with Crippen LogP contribution in [0.25, 0.3) is 0 Å². The monoisotopic (exact) mass is 262 g/mol. The summed E-state index contributed by atoms with van der Waals surface area (Å²) in [5, 5.41) is 13.2. The number of β-amino-alcohol motifs (C(OH)–C–C–N with tert-alkyl or cyclic N) is 1. The van der Waals surface area contributed by atoms with Crippen LogP contribution in [0, 0.1) is 6.92 Å². The Kier molecular flexibility index (Phi) is 4.93. The number of carbonyl (C=O) groups is 1. The molecule has 0 spiro atoms. The molecule has 2 rings (SSSR count). The van der Waals surface area contributed by atoms with E-state index >= 15 is 0 Å². The molecule has 1 aromatic carbocycles. The van der Waals surface area contributed by atoms with E-state index in [1.807, 2.05) is 12.1 Å². The molecule has 4 nitrogen and oxygen atoms in total. The van der Waals surface area contributed by atoms with E-state index in [9.17, 15) is 9.90 Å². The number of carbonyl (C=O) groups excluding carboxylic acids is 1. The first-order chi connectivity index (χ1) is 9.16. The fourth-order valence-electron chi connectivity index (χ4n) is 2.40. The molecule has 4 heteroatoms. The molecule has 1 unspecified atom stereocenters. The van der Waals surface area contributed by atoms with Crippen molar-refractivity contribution in [3.05, 3.63) is 35.4 Å². The van der Waals surface area contributed by atoms with Gasteiger partial charge in [0.25, 0.3) is 0 Å². The van der Waals surface area contributed by atoms with E-state index in [1.54, 1.807) is 4.90 Å². The Labute approximate surface area is 114 Å². The van der Waals surface area contributed by atoms with Crippen molar-refractivity contribution in [3.63, 3.8) is 0 Å². The Balaban J connectivity index is 1.70. The summed E-state index contributed by atoms with van der Waals surface area (Å²) in [6, 6.07) is 8.20. The first kappa shape index (κ1) is 14.0. The Morgan fingerprint density at radius 2 is 2.21 bits per heavy atom. The molecule has 0 saturated carbocycles. The number of aryl methyl sites for hydroxylation is 1. The molecular formula is C15H22N2O2. The molecule has 1 heterocycles. The molecule has 2 N–H and O–H groups in total. The van der Waals surface area contributed by atoms with Crippen LogP contribution in [0.2, 0.25) is 0 Å². The predicted octanol–water partition coefficient (Wildman–Crippen LogP) is 1.07. The van der Waals surface area contributed by atoms with Crippen molar-refractivity contribution in [1.29, 1.82) is 0 Å². The van der Waals surface area contributed by atoms with Crippen molar-refractivity contribution < 1.29 is 9.90 Å². The van der Waals surface area contributed by atoms with Crippen molar-refractivity contribution in [1.82, 2.24) is 10.2 Å². The largest absolute Gasteiger partial charge is 0.390 e. The first-order valence-electron chi connectivity index (χ1n) is 6.88. The van der Waals surface area contributed by atoms with Crippen LogP contribution in [0.15, 0.2) is 24.3 Å². The highest BCUT2D eigenvalue weighted by atomic mass is 16.3. The number of nitrogens with one attached hydrogen (secondary N) is 1. The van der Waals surface area contributed by atoms with E-state index in [0.717, 1.165) is 19.5 Å². The topological polar surface area (TPSA) is 52.6 Å². The third kappa shape index (κ3) is 4.04. The standard InChI is InChI=1S/C15H22N2O2/c1-12-5-2-3-6-13(12)9-16-10-14(18)11-17-8-4-7-15(17)19/h2-3,5-6,14,16,18H,4,7-11H2,1H3. The highest BCUT2D eigenvalue weighted by molar-refractivity contribution is 5.78. The highest BCUT2D eigenvalue weighted by Gasteiger charge is 2.22. The van der Waals surface area contributed by atoms with Crippen LogP contribution in [0.3, 0.4) is 0 Å². The summed E-state index contributed by atoms with van der Waals surface area (Å²) in [4.78, 5) is 13.2. The minimum absolute atomic E-state index is 0.165. The molecule has 19 heavy (non-hydrogen) atoms. The molecule has 1 saturated heterocycles. The lowest BCUT2D eigenvalue weighted by Crippen LogP contribution is -2.38. The zero-order chi connectivity index (χ0) is 13.7. The van der Waals surface area contributed by atoms with Gasteiger partial charge in [-0.3, -0.25) is 4.79 Å². The van der Waals surface area contributed by atoms with Gasteiger partial charge in [-0.05, 0) is 24.5 Å². The number of hydrogen-bond donors (Lipinski definition) is 2. The van der Waals surface area contributed by atoms with Gasteiger partial charge < -0.3 is 15.3 Å². The summed E-state index contributed by atoms with van der Waals surface area (Å²) in [7, 11) is 0. The van der Waals surface area contributed by atoms with Gasteiger partial charge in [-0.1, -0.05) is 24.3 Å². The molecule has 0 bridgehead atoms. The Morgan fingerprint density at radius 3 is 2.89 bits per heavy atom. The van der Waals surface area contributed by atoms with Crippen molar-refractivity contribution in [2.45, 2.75) is 32.4 Å². The smallest absolute Gasteiger partial charge is 0.222 e. The summed E-state index contributed by atoms with van der Waals surface area (Å²) >= 11 is 0. The lowest BCUT2D eigenvalue weighted by atomic mass is 10.1. The summed E-state index contributed by atoms with van der Waals surface area (Å²) < 4.78 is 0. The average molecular weight is 262 g/mol. The molecule has 0 aromatic heterocycles. The summed E-state index contributed by atoms with van der Waals surface area (Å²) in [6.07, 6.45) is 1.05. The molecule has 0 radical (unpaired) electrons. The maximum absolute atomic E-state index is 11.4. The van der Waals surface area contributed by atoms with E-state index in [1.165, 1.54) is 11.1 Å². The van der Waals surface area contributed by atoms with Crippen molar-refractivity contribution in [3.8, 4) is 0 Å². The second kappa shape index (κ2) is 6.68. The van der Waals surface area contributed by atoms with E-state index in [2.05, 4.69) is 24.4 Å². The quantitative estimate of drug-likeness (QED) is 0.806. The van der Waals surface area contributed by atoms with Gasteiger partial charge in [-0.25, -0.2) is 0 Å². The van der Waals surface area contributed by atoms with Crippen LogP contribution in [0.1, 0.15) is 24.0 Å². The molecule has 0 aliphatic carbocycles. The highest BCUT2D eigenvalue weighted by Crippen LogP contribution is 2.10. The summed E-state index contributed by atoms with van der Waals surface area (Å²) in [5.74, 6) is 0.165. The fraction of sp³-hybridized carbons (Fsp3) is 0.533. The normalized spacial score (nSPS) is 16.9. The van der Waals surface area contributed by atoms with Crippen molar-refractivity contribution in [2.24, 2.45) is 0 Å². The van der Waals surface area contributed by atoms with Crippen LogP contribution in [-0.4, -0.2) is 41.7 Å². The SMILES string of the molecule is Cc1ccccc1CNCC(O)CN1CCCC1=O. The molecule has 1 aromatic rings. The zero-order valence-electron chi connectivity index (χ0n) is 11.4. The van der Waals surface area contributed by atoms with Gasteiger partial charge in [0.05, 0.1) is 6.10 Å². The third-order valence-corrected chi connectivity index (χ3v) is 3.56. The number of aliphatic hydroxyl groups is 1. The van der Waals surface area contributed by atoms with Crippen LogP contribution in [0.4, 0.5) is 0 Å². The van der Waals surface area contributed by atoms with Crippen molar-refractivity contribution >= 4 is 5.91 Å². The Morgan fingerprint density at radius 1 is 1.42 bits per heavy atom. The number of amides is 1. The molecule has 1 amide bonds. The number of benzene rings is 1. The maximum atomic E-state index is 11.4. The van der Waals surface area contributed by atoms with Gasteiger partial charge >= 0.3 is 0 Å². The van der Waals surface area contributed by atoms with E-state index in [-0.39, 0.29) is 5.91 Å². The van der Waals surface area contributed by atoms with Crippen LogP contribution < -0.4 is 5.32 Å². The number of likely N-dealkylation sites (tertiary alicyclic amines) is 1. The van der Waals surface area contributed by atoms with Gasteiger partial charge in [0.2, 0.25) is 5.91 Å². The molecule has 104 valence electrons. The third-order valence-electron chi connectivity index (χ3n) is 3.56. The number of aliphatic hydroxyl groups excluding tert-OH is 1. The Bertz CT molecular complexity index is 434. The number of hydrogen-bond acceptors (Lipinski definition) is 3. The minimum Gasteiger partial charge on any atom is -0.390 e. The first-order valence-corrected chi connectivity index (χ1v) is 6.88. The number of rotatable bonds is 6. The lowest BCUT2D eigenvalue weighted by Gasteiger charge is -2.20. The second-order valence-corrected chi connectivity index (χ2v) is 5.15.